The number of para-hydroxylation sites is 1. The van der Waals surface area contributed by atoms with Crippen LogP contribution >= 0.6 is 0 Å². The molecule has 0 bridgehead atoms. The molecule has 0 aliphatic rings. The summed E-state index contributed by atoms with van der Waals surface area (Å²) in [5, 5.41) is 3.33. The van der Waals surface area contributed by atoms with Gasteiger partial charge in [-0.25, -0.2) is 4.98 Å². The van der Waals surface area contributed by atoms with Crippen LogP contribution in [0.25, 0.3) is 10.9 Å². The van der Waals surface area contributed by atoms with Gasteiger partial charge in [0.25, 0.3) is 5.56 Å². The number of amides is 1. The number of carbonyl (C=O) groups excluding carboxylic acids is 1. The molecule has 0 saturated carbocycles. The van der Waals surface area contributed by atoms with Crippen molar-refractivity contribution in [2.75, 3.05) is 5.32 Å². The third-order valence-corrected chi connectivity index (χ3v) is 4.42. The number of nitrogens with one attached hydrogen (secondary N) is 1. The fraction of sp³-hybridized carbons (Fsp3) is 0.250. The van der Waals surface area contributed by atoms with Crippen LogP contribution in [0, 0.1) is 0 Å². The minimum absolute atomic E-state index is 0.0657. The van der Waals surface area contributed by atoms with Crippen molar-refractivity contribution in [1.82, 2.24) is 9.55 Å². The highest BCUT2D eigenvalue weighted by atomic mass is 16.2. The molecule has 0 aliphatic heterocycles. The zero-order valence-electron chi connectivity index (χ0n) is 14.4. The highest BCUT2D eigenvalue weighted by molar-refractivity contribution is 5.90. The first kappa shape index (κ1) is 16.9. The van der Waals surface area contributed by atoms with Crippen molar-refractivity contribution in [1.29, 1.82) is 0 Å². The van der Waals surface area contributed by atoms with Crippen LogP contribution in [-0.4, -0.2) is 15.5 Å². The minimum atomic E-state index is -0.254. The van der Waals surface area contributed by atoms with E-state index in [9.17, 15) is 9.59 Å². The lowest BCUT2D eigenvalue weighted by Crippen LogP contribution is -2.27. The van der Waals surface area contributed by atoms with E-state index in [2.05, 4.69) is 24.1 Å². The average Bonchev–Trinajstić information content (AvgIpc) is 2.64. The third-order valence-electron chi connectivity index (χ3n) is 4.42. The lowest BCUT2D eigenvalue weighted by molar-refractivity contribution is -0.116. The van der Waals surface area contributed by atoms with Crippen molar-refractivity contribution in [2.45, 2.75) is 32.7 Å². The molecule has 5 nitrogen and oxygen atoms in total. The zero-order valence-corrected chi connectivity index (χ0v) is 14.4. The van der Waals surface area contributed by atoms with Crippen molar-refractivity contribution in [2.24, 2.45) is 0 Å². The number of rotatable bonds is 5. The Morgan fingerprint density at radius 1 is 1.16 bits per heavy atom. The minimum Gasteiger partial charge on any atom is -0.325 e. The normalized spacial score (nSPS) is 12.1. The van der Waals surface area contributed by atoms with Crippen molar-refractivity contribution in [3.8, 4) is 0 Å². The molecule has 3 aromatic rings. The fourth-order valence-electron chi connectivity index (χ4n) is 2.70. The van der Waals surface area contributed by atoms with Crippen LogP contribution in [0.3, 0.4) is 0 Å². The molecule has 2 aromatic carbocycles. The predicted octanol–water partition coefficient (Wildman–Crippen LogP) is 3.55. The summed E-state index contributed by atoms with van der Waals surface area (Å²) in [6, 6.07) is 14.9. The highest BCUT2D eigenvalue weighted by Crippen LogP contribution is 2.20. The topological polar surface area (TPSA) is 64.0 Å². The molecule has 0 unspecified atom stereocenters. The summed E-state index contributed by atoms with van der Waals surface area (Å²) in [5.74, 6) is 0.238. The highest BCUT2D eigenvalue weighted by Gasteiger charge is 2.09. The van der Waals surface area contributed by atoms with Gasteiger partial charge in [0, 0.05) is 5.69 Å². The van der Waals surface area contributed by atoms with Crippen LogP contribution in [0.1, 0.15) is 31.7 Å². The van der Waals surface area contributed by atoms with E-state index in [1.165, 1.54) is 16.5 Å². The molecule has 0 fully saturated rings. The largest absolute Gasteiger partial charge is 0.325 e. The summed E-state index contributed by atoms with van der Waals surface area (Å²) < 4.78 is 1.32. The second-order valence-electron chi connectivity index (χ2n) is 6.17. The van der Waals surface area contributed by atoms with Crippen LogP contribution in [0.5, 0.6) is 0 Å². The summed E-state index contributed by atoms with van der Waals surface area (Å²) in [7, 11) is 0. The molecule has 1 aromatic heterocycles. The summed E-state index contributed by atoms with van der Waals surface area (Å²) in [5.41, 5.74) is 2.38. The quantitative estimate of drug-likeness (QED) is 0.775. The van der Waals surface area contributed by atoms with Gasteiger partial charge in [-0.1, -0.05) is 38.1 Å². The Balaban J connectivity index is 1.72. The lowest BCUT2D eigenvalue weighted by Gasteiger charge is -2.11. The van der Waals surface area contributed by atoms with E-state index < -0.39 is 0 Å². The summed E-state index contributed by atoms with van der Waals surface area (Å²) in [6.07, 6.45) is 2.49. The standard InChI is InChI=1S/C20H21N3O2/c1-3-14(2)15-8-10-16(11-9-15)22-19(24)12-23-13-21-18-7-5-4-6-17(18)20(23)25/h4-11,13-14H,3,12H2,1-2H3,(H,22,24)/t14-/m0/s1. The van der Waals surface area contributed by atoms with E-state index in [-0.39, 0.29) is 18.0 Å². The van der Waals surface area contributed by atoms with Gasteiger partial charge >= 0.3 is 0 Å². The summed E-state index contributed by atoms with van der Waals surface area (Å²) >= 11 is 0. The SMILES string of the molecule is CC[C@H](C)c1ccc(NC(=O)Cn2cnc3ccccc3c2=O)cc1. The fourth-order valence-corrected chi connectivity index (χ4v) is 2.70. The Labute approximate surface area is 146 Å². The summed E-state index contributed by atoms with van der Waals surface area (Å²) in [6.45, 7) is 4.26. The molecule has 0 radical (unpaired) electrons. The number of nitrogens with zero attached hydrogens (tertiary/aromatic N) is 2. The van der Waals surface area contributed by atoms with Gasteiger partial charge in [0.1, 0.15) is 6.54 Å². The van der Waals surface area contributed by atoms with Gasteiger partial charge < -0.3 is 5.32 Å². The lowest BCUT2D eigenvalue weighted by atomic mass is 9.99. The molecule has 3 rings (SSSR count). The Morgan fingerprint density at radius 3 is 2.60 bits per heavy atom. The Kier molecular flexibility index (Phi) is 4.93. The first-order valence-corrected chi connectivity index (χ1v) is 8.42. The van der Waals surface area contributed by atoms with E-state index in [4.69, 9.17) is 0 Å². The molecule has 1 heterocycles. The molecule has 0 spiro atoms. The molecule has 1 amide bonds. The van der Waals surface area contributed by atoms with Gasteiger partial charge in [-0.15, -0.1) is 0 Å². The molecular formula is C20H21N3O2. The van der Waals surface area contributed by atoms with Gasteiger partial charge in [-0.2, -0.15) is 0 Å². The van der Waals surface area contributed by atoms with Crippen LogP contribution in [0.2, 0.25) is 0 Å². The van der Waals surface area contributed by atoms with E-state index in [0.717, 1.165) is 12.1 Å². The van der Waals surface area contributed by atoms with Crippen molar-refractivity contribution < 1.29 is 4.79 Å². The Hall–Kier alpha value is -2.95. The smallest absolute Gasteiger partial charge is 0.261 e. The van der Waals surface area contributed by atoms with Gasteiger partial charge in [0.15, 0.2) is 0 Å². The van der Waals surface area contributed by atoms with E-state index in [1.807, 2.05) is 30.3 Å². The Morgan fingerprint density at radius 2 is 1.88 bits per heavy atom. The van der Waals surface area contributed by atoms with Crippen LogP contribution in [-0.2, 0) is 11.3 Å². The zero-order chi connectivity index (χ0) is 17.8. The van der Waals surface area contributed by atoms with Gasteiger partial charge in [0.05, 0.1) is 17.2 Å². The van der Waals surface area contributed by atoms with Gasteiger partial charge in [-0.05, 0) is 42.2 Å². The molecule has 0 aliphatic carbocycles. The third kappa shape index (κ3) is 3.76. The summed E-state index contributed by atoms with van der Waals surface area (Å²) in [4.78, 5) is 28.9. The number of hydrogen-bond acceptors (Lipinski definition) is 3. The monoisotopic (exact) mass is 335 g/mol. The van der Waals surface area contributed by atoms with Gasteiger partial charge in [-0.3, -0.25) is 14.2 Å². The number of carbonyl (C=O) groups is 1. The van der Waals surface area contributed by atoms with Crippen molar-refractivity contribution in [3.05, 3.63) is 70.8 Å². The number of hydrogen-bond donors (Lipinski definition) is 1. The predicted molar refractivity (Wildman–Crippen MR) is 99.8 cm³/mol. The number of aromatic nitrogens is 2. The van der Waals surface area contributed by atoms with E-state index >= 15 is 0 Å². The molecule has 25 heavy (non-hydrogen) atoms. The molecule has 0 saturated heterocycles. The van der Waals surface area contributed by atoms with Crippen LogP contribution in [0.15, 0.2) is 59.7 Å². The van der Waals surface area contributed by atoms with Crippen LogP contribution < -0.4 is 10.9 Å². The van der Waals surface area contributed by atoms with Crippen molar-refractivity contribution >= 4 is 22.5 Å². The van der Waals surface area contributed by atoms with E-state index in [1.54, 1.807) is 18.2 Å². The molecule has 128 valence electrons. The maximum absolute atomic E-state index is 12.4. The van der Waals surface area contributed by atoms with Crippen LogP contribution in [0.4, 0.5) is 5.69 Å². The number of benzene rings is 2. The average molecular weight is 335 g/mol. The molecule has 5 heteroatoms. The molecule has 1 N–H and O–H groups in total. The first-order chi connectivity index (χ1) is 12.1. The number of fused-ring (bicyclic) bond motifs is 1. The first-order valence-electron chi connectivity index (χ1n) is 8.42. The Bertz CT molecular complexity index is 945. The van der Waals surface area contributed by atoms with Crippen molar-refractivity contribution in [3.63, 3.8) is 0 Å². The number of anilines is 1. The molecular weight excluding hydrogens is 314 g/mol. The second kappa shape index (κ2) is 7.30. The second-order valence-corrected chi connectivity index (χ2v) is 6.17. The van der Waals surface area contributed by atoms with Gasteiger partial charge in [0.2, 0.25) is 5.91 Å². The maximum atomic E-state index is 12.4. The van der Waals surface area contributed by atoms with E-state index in [0.29, 0.717) is 16.8 Å². The molecule has 1 atom stereocenters. The maximum Gasteiger partial charge on any atom is 0.261 e.